The van der Waals surface area contributed by atoms with Crippen LogP contribution in [0.15, 0.2) is 48.1 Å². The molecule has 0 heterocycles. The van der Waals surface area contributed by atoms with Gasteiger partial charge in [-0.05, 0) is 136 Å². The molecular formula is C55H94O2. The number of fused-ring (bicyclic) bond motifs is 5. The first-order chi connectivity index (χ1) is 27.7. The average molecular weight is 787 g/mol. The Balaban J connectivity index is 0.982. The van der Waals surface area contributed by atoms with Gasteiger partial charge in [0, 0.05) is 12.8 Å². The lowest BCUT2D eigenvalue weighted by atomic mass is 9.47. The largest absolute Gasteiger partial charge is 0.462 e. The van der Waals surface area contributed by atoms with Crippen LogP contribution in [0, 0.1) is 46.3 Å². The zero-order valence-corrected chi connectivity index (χ0v) is 38.8. The van der Waals surface area contributed by atoms with Crippen LogP contribution in [-0.2, 0) is 9.53 Å². The number of carbonyl (C=O) groups is 1. The van der Waals surface area contributed by atoms with E-state index in [1.807, 2.05) is 0 Å². The maximum atomic E-state index is 12.9. The Kier molecular flexibility index (Phi) is 22.4. The second kappa shape index (κ2) is 26.6. The van der Waals surface area contributed by atoms with E-state index in [9.17, 15) is 4.79 Å². The summed E-state index contributed by atoms with van der Waals surface area (Å²) >= 11 is 0. The summed E-state index contributed by atoms with van der Waals surface area (Å²) in [6, 6.07) is 0. The molecule has 8 unspecified atom stereocenters. The van der Waals surface area contributed by atoms with Crippen molar-refractivity contribution < 1.29 is 9.53 Å². The number of carbonyl (C=O) groups excluding carboxylic acids is 1. The maximum absolute atomic E-state index is 12.9. The van der Waals surface area contributed by atoms with Gasteiger partial charge in [0.25, 0.3) is 0 Å². The molecule has 4 aliphatic carbocycles. The van der Waals surface area contributed by atoms with Crippen LogP contribution in [0.1, 0.15) is 241 Å². The van der Waals surface area contributed by atoms with Gasteiger partial charge in [0.15, 0.2) is 0 Å². The number of esters is 1. The van der Waals surface area contributed by atoms with Crippen LogP contribution in [0.2, 0.25) is 0 Å². The average Bonchev–Trinajstić information content (AvgIpc) is 3.55. The Bertz CT molecular complexity index is 1220. The molecule has 0 radical (unpaired) electrons. The molecule has 2 nitrogen and oxygen atoms in total. The van der Waals surface area contributed by atoms with Crippen molar-refractivity contribution in [3.8, 4) is 0 Å². The molecule has 4 aliphatic rings. The summed E-state index contributed by atoms with van der Waals surface area (Å²) in [5.41, 5.74) is 2.52. The van der Waals surface area contributed by atoms with E-state index in [0.29, 0.717) is 17.3 Å². The topological polar surface area (TPSA) is 26.3 Å². The summed E-state index contributed by atoms with van der Waals surface area (Å²) in [6.07, 6.45) is 56.3. The number of ether oxygens (including phenoxy) is 1. The van der Waals surface area contributed by atoms with E-state index in [4.69, 9.17) is 4.74 Å². The van der Waals surface area contributed by atoms with Crippen LogP contribution in [0.5, 0.6) is 0 Å². The first-order valence-electron chi connectivity index (χ1n) is 25.5. The van der Waals surface area contributed by atoms with Gasteiger partial charge in [-0.15, -0.1) is 0 Å². The summed E-state index contributed by atoms with van der Waals surface area (Å²) < 4.78 is 6.16. The third kappa shape index (κ3) is 15.8. The quantitative estimate of drug-likeness (QED) is 0.0429. The predicted octanol–water partition coefficient (Wildman–Crippen LogP) is 17.4. The van der Waals surface area contributed by atoms with E-state index in [0.717, 1.165) is 67.6 Å². The van der Waals surface area contributed by atoms with Crippen LogP contribution in [0.25, 0.3) is 0 Å². The van der Waals surface area contributed by atoms with Crippen molar-refractivity contribution in [2.75, 3.05) is 0 Å². The van der Waals surface area contributed by atoms with Gasteiger partial charge in [0.05, 0.1) is 0 Å². The summed E-state index contributed by atoms with van der Waals surface area (Å²) in [5.74, 6) is 5.30. The molecule has 0 saturated heterocycles. The van der Waals surface area contributed by atoms with E-state index in [-0.39, 0.29) is 12.1 Å². The second-order valence-corrected chi connectivity index (χ2v) is 20.8. The van der Waals surface area contributed by atoms with Gasteiger partial charge in [0.2, 0.25) is 0 Å². The fourth-order valence-electron chi connectivity index (χ4n) is 12.6. The van der Waals surface area contributed by atoms with Crippen molar-refractivity contribution in [3.05, 3.63) is 48.1 Å². The molecule has 3 fully saturated rings. The first-order valence-corrected chi connectivity index (χ1v) is 25.5. The number of allylic oxidation sites excluding steroid dienone is 7. The van der Waals surface area contributed by atoms with Crippen molar-refractivity contribution in [1.29, 1.82) is 0 Å². The number of rotatable bonds is 29. The van der Waals surface area contributed by atoms with Gasteiger partial charge >= 0.3 is 5.97 Å². The molecule has 0 bridgehead atoms. The molecule has 0 aromatic heterocycles. The van der Waals surface area contributed by atoms with E-state index in [2.05, 4.69) is 84.1 Å². The van der Waals surface area contributed by atoms with Gasteiger partial charge in [-0.1, -0.05) is 186 Å². The first kappa shape index (κ1) is 48.1. The maximum Gasteiger partial charge on any atom is 0.306 e. The molecule has 8 atom stereocenters. The molecule has 2 heteroatoms. The van der Waals surface area contributed by atoms with Crippen molar-refractivity contribution in [3.63, 3.8) is 0 Å². The Morgan fingerprint density at radius 3 is 1.91 bits per heavy atom. The third-order valence-corrected chi connectivity index (χ3v) is 16.1. The minimum Gasteiger partial charge on any atom is -0.462 e. The number of hydrogen-bond acceptors (Lipinski definition) is 2. The van der Waals surface area contributed by atoms with Gasteiger partial charge in [-0.2, -0.15) is 0 Å². The third-order valence-electron chi connectivity index (χ3n) is 16.1. The molecule has 0 spiro atoms. The molecular weight excluding hydrogens is 693 g/mol. The molecule has 0 aromatic carbocycles. The number of hydrogen-bond donors (Lipinski definition) is 0. The van der Waals surface area contributed by atoms with Crippen LogP contribution in [0.3, 0.4) is 0 Å². The van der Waals surface area contributed by atoms with Crippen molar-refractivity contribution in [1.82, 2.24) is 0 Å². The lowest BCUT2D eigenvalue weighted by Crippen LogP contribution is -2.51. The molecule has 0 aliphatic heterocycles. The normalized spacial score (nSPS) is 29.2. The van der Waals surface area contributed by atoms with Crippen molar-refractivity contribution in [2.45, 2.75) is 247 Å². The molecule has 57 heavy (non-hydrogen) atoms. The Hall–Kier alpha value is -1.57. The number of unbranched alkanes of at least 4 members (excludes halogenated alkanes) is 15. The van der Waals surface area contributed by atoms with Gasteiger partial charge < -0.3 is 4.74 Å². The standard InChI is InChI=1S/C55H94O2/c1-7-8-9-10-11-12-13-14-15-16-17-18-19-20-21-22-23-24-25-26-27-28-29-30-31-35-53(56)57-48-40-42-54(5)47(44-48)36-37-49-51-39-38-50(46(4)34-32-33-45(2)3)55(51,6)43-41-52(49)54/h13-14,16-17,19-20,36,45-46,48-52H,7-12,15,18,21-35,37-44H2,1-6H3/b14-13-,17-16-,20-19-. The van der Waals surface area contributed by atoms with E-state index >= 15 is 0 Å². The van der Waals surface area contributed by atoms with Crippen molar-refractivity contribution >= 4 is 5.97 Å². The minimum absolute atomic E-state index is 0.0589. The predicted molar refractivity (Wildman–Crippen MR) is 248 cm³/mol. The summed E-state index contributed by atoms with van der Waals surface area (Å²) in [7, 11) is 0. The molecule has 326 valence electrons. The zero-order chi connectivity index (χ0) is 40.8. The highest BCUT2D eigenvalue weighted by molar-refractivity contribution is 5.69. The highest BCUT2D eigenvalue weighted by atomic mass is 16.5. The van der Waals surface area contributed by atoms with E-state index in [1.165, 1.54) is 161 Å². The Morgan fingerprint density at radius 2 is 1.28 bits per heavy atom. The van der Waals surface area contributed by atoms with Crippen molar-refractivity contribution in [2.24, 2.45) is 46.3 Å². The fraction of sp³-hybridized carbons (Fsp3) is 0.836. The highest BCUT2D eigenvalue weighted by Gasteiger charge is 2.59. The molecule has 0 N–H and O–H groups in total. The Morgan fingerprint density at radius 1 is 0.684 bits per heavy atom. The molecule has 0 aromatic rings. The van der Waals surface area contributed by atoms with Crippen LogP contribution in [0.4, 0.5) is 0 Å². The Labute approximate surface area is 355 Å². The SMILES string of the molecule is CCCCCCC/C=C\C/C=C\C/C=C\CCCCCCCCCCCCC(=O)OC1CCC2(C)C(=CCC3C2CCC2(C)C(C(C)CCCC(C)C)CCC32)C1. The van der Waals surface area contributed by atoms with Gasteiger partial charge in [-0.25, -0.2) is 0 Å². The lowest BCUT2D eigenvalue weighted by molar-refractivity contribution is -0.151. The summed E-state index contributed by atoms with van der Waals surface area (Å²) in [6.45, 7) is 14.9. The van der Waals surface area contributed by atoms with Crippen LogP contribution in [-0.4, -0.2) is 12.1 Å². The highest BCUT2D eigenvalue weighted by Crippen LogP contribution is 2.67. The van der Waals surface area contributed by atoms with Crippen LogP contribution >= 0.6 is 0 Å². The molecule has 3 saturated carbocycles. The van der Waals surface area contributed by atoms with Crippen LogP contribution < -0.4 is 0 Å². The second-order valence-electron chi connectivity index (χ2n) is 20.8. The fourth-order valence-corrected chi connectivity index (χ4v) is 12.6. The van der Waals surface area contributed by atoms with E-state index in [1.54, 1.807) is 5.57 Å². The van der Waals surface area contributed by atoms with Gasteiger partial charge in [0.1, 0.15) is 6.10 Å². The molecule has 4 rings (SSSR count). The zero-order valence-electron chi connectivity index (χ0n) is 38.8. The van der Waals surface area contributed by atoms with E-state index < -0.39 is 0 Å². The summed E-state index contributed by atoms with van der Waals surface area (Å²) in [4.78, 5) is 12.9. The smallest absolute Gasteiger partial charge is 0.306 e. The van der Waals surface area contributed by atoms with Gasteiger partial charge in [-0.3, -0.25) is 4.79 Å². The summed E-state index contributed by atoms with van der Waals surface area (Å²) in [5, 5.41) is 0. The molecule has 0 amide bonds. The minimum atomic E-state index is 0.0589. The lowest BCUT2D eigenvalue weighted by Gasteiger charge is -2.58. The monoisotopic (exact) mass is 787 g/mol.